The van der Waals surface area contributed by atoms with Crippen molar-refractivity contribution in [3.8, 4) is 0 Å². The first-order valence-electron chi connectivity index (χ1n) is 11.8. The van der Waals surface area contributed by atoms with Crippen molar-refractivity contribution >= 4 is 46.7 Å². The number of carbonyl (C=O) groups excluding carboxylic acids is 2. The molecule has 3 atom stereocenters. The van der Waals surface area contributed by atoms with E-state index in [0.29, 0.717) is 38.3 Å². The van der Waals surface area contributed by atoms with Crippen molar-refractivity contribution in [1.29, 1.82) is 0 Å². The van der Waals surface area contributed by atoms with Crippen LogP contribution in [0.1, 0.15) is 42.0 Å². The predicted molar refractivity (Wildman–Crippen MR) is 140 cm³/mol. The number of amidine groups is 1. The number of hydrogen-bond acceptors (Lipinski definition) is 4. The molecule has 3 N–H and O–H groups in total. The van der Waals surface area contributed by atoms with Gasteiger partial charge < -0.3 is 15.4 Å². The van der Waals surface area contributed by atoms with Gasteiger partial charge in [0.05, 0.1) is 12.6 Å². The average Bonchev–Trinajstić information content (AvgIpc) is 3.16. The molecule has 7 nitrogen and oxygen atoms in total. The van der Waals surface area contributed by atoms with E-state index in [1.807, 2.05) is 6.07 Å². The molecule has 5 rings (SSSR count). The van der Waals surface area contributed by atoms with Crippen LogP contribution in [0.4, 0.5) is 19.3 Å². The van der Waals surface area contributed by atoms with Gasteiger partial charge in [0.15, 0.2) is 11.6 Å². The lowest BCUT2D eigenvalue weighted by molar-refractivity contribution is -0.123. The molecule has 1 saturated heterocycles. The fourth-order valence-corrected chi connectivity index (χ4v) is 5.72. The van der Waals surface area contributed by atoms with Crippen molar-refractivity contribution in [1.82, 2.24) is 10.7 Å². The molecule has 0 unspecified atom stereocenters. The van der Waals surface area contributed by atoms with Crippen LogP contribution in [0.2, 0.25) is 10.0 Å². The summed E-state index contributed by atoms with van der Waals surface area (Å²) in [6.07, 6.45) is -0.591. The minimum absolute atomic E-state index is 0.148. The number of fused-ring (bicyclic) bond motifs is 2. The van der Waals surface area contributed by atoms with E-state index in [0.717, 1.165) is 12.1 Å². The number of hydrogen-bond donors (Lipinski definition) is 3. The molecule has 3 aromatic rings. The highest BCUT2D eigenvalue weighted by Crippen LogP contribution is 2.57. The van der Waals surface area contributed by atoms with Gasteiger partial charge in [-0.3, -0.25) is 4.79 Å². The summed E-state index contributed by atoms with van der Waals surface area (Å²) in [5.41, 5.74) is 3.13. The van der Waals surface area contributed by atoms with E-state index in [-0.39, 0.29) is 18.9 Å². The van der Waals surface area contributed by atoms with E-state index in [1.165, 1.54) is 6.07 Å². The van der Waals surface area contributed by atoms with Gasteiger partial charge in [-0.05, 0) is 60.0 Å². The number of halogens is 4. The molecule has 196 valence electrons. The van der Waals surface area contributed by atoms with Gasteiger partial charge in [-0.2, -0.15) is 5.10 Å². The van der Waals surface area contributed by atoms with E-state index in [9.17, 15) is 18.4 Å². The first kappa shape index (κ1) is 25.9. The van der Waals surface area contributed by atoms with Crippen molar-refractivity contribution in [3.05, 3.63) is 99.0 Å². The minimum Gasteiger partial charge on any atom is -0.449 e. The van der Waals surface area contributed by atoms with Crippen LogP contribution < -0.4 is 16.1 Å². The molecule has 0 aliphatic carbocycles. The number of amides is 2. The van der Waals surface area contributed by atoms with Gasteiger partial charge >= 0.3 is 6.09 Å². The van der Waals surface area contributed by atoms with Crippen molar-refractivity contribution in [3.63, 3.8) is 0 Å². The van der Waals surface area contributed by atoms with E-state index >= 15 is 0 Å². The fourth-order valence-electron chi connectivity index (χ4n) is 5.35. The lowest BCUT2D eigenvalue weighted by atomic mass is 9.59. The molecular weight excluding hydrogens is 537 g/mol. The fraction of sp³-hybridized carbons (Fsp3) is 0.222. The van der Waals surface area contributed by atoms with Crippen LogP contribution in [0.25, 0.3) is 0 Å². The highest BCUT2D eigenvalue weighted by atomic mass is 35.5. The van der Waals surface area contributed by atoms with Crippen molar-refractivity contribution in [2.24, 2.45) is 5.10 Å². The van der Waals surface area contributed by atoms with Gasteiger partial charge in [0, 0.05) is 28.1 Å². The van der Waals surface area contributed by atoms with Gasteiger partial charge in [0.25, 0.3) is 0 Å². The predicted octanol–water partition coefficient (Wildman–Crippen LogP) is 6.04. The third-order valence-electron chi connectivity index (χ3n) is 6.85. The Morgan fingerprint density at radius 2 is 1.87 bits per heavy atom. The van der Waals surface area contributed by atoms with Crippen molar-refractivity contribution < 1.29 is 23.1 Å². The standard InChI is InChI=1S/C27H22Cl2F2N4O3/c1-2-38-26(37)35-34-23-13-19(14-4-3-5-16(28)10-14)27(18-8-7-17(29)12-22(18)32-25(27)36)24(33-23)15-6-9-20(30)21(31)11-15/h3-12,19,24H,2,13H2,1H3,(H,32,36)(H,33,34)(H,35,37)/t19-,24+,27-/m0/s1. The smallest absolute Gasteiger partial charge is 0.427 e. The molecule has 0 radical (unpaired) electrons. The molecule has 2 heterocycles. The Morgan fingerprint density at radius 3 is 2.61 bits per heavy atom. The van der Waals surface area contributed by atoms with Gasteiger partial charge in [-0.1, -0.05) is 47.5 Å². The molecule has 2 aliphatic heterocycles. The number of carbonyl (C=O) groups is 2. The van der Waals surface area contributed by atoms with E-state index in [1.54, 1.807) is 43.3 Å². The van der Waals surface area contributed by atoms with Gasteiger partial charge in [0.2, 0.25) is 5.91 Å². The van der Waals surface area contributed by atoms with Crippen molar-refractivity contribution in [2.75, 3.05) is 11.9 Å². The number of ether oxygens (including phenoxy) is 1. The van der Waals surface area contributed by atoms with Crippen LogP contribution in [-0.2, 0) is 14.9 Å². The van der Waals surface area contributed by atoms with Crippen LogP contribution in [0.15, 0.2) is 65.8 Å². The van der Waals surface area contributed by atoms with Crippen LogP contribution in [0, 0.1) is 11.6 Å². The lowest BCUT2D eigenvalue weighted by Crippen LogP contribution is -2.57. The Morgan fingerprint density at radius 1 is 1.08 bits per heavy atom. The Labute approximate surface area is 227 Å². The van der Waals surface area contributed by atoms with Crippen LogP contribution in [-0.4, -0.2) is 24.4 Å². The minimum atomic E-state index is -1.35. The summed E-state index contributed by atoms with van der Waals surface area (Å²) in [4.78, 5) is 26.0. The highest BCUT2D eigenvalue weighted by molar-refractivity contribution is 6.31. The third-order valence-corrected chi connectivity index (χ3v) is 7.32. The summed E-state index contributed by atoms with van der Waals surface area (Å²) in [7, 11) is 0. The molecule has 1 spiro atoms. The number of rotatable bonds is 4. The summed E-state index contributed by atoms with van der Waals surface area (Å²) in [6, 6.07) is 14.7. The van der Waals surface area contributed by atoms with E-state index < -0.39 is 35.1 Å². The van der Waals surface area contributed by atoms with Gasteiger partial charge in [-0.15, -0.1) is 0 Å². The molecular formula is C27H22Cl2F2N4O3. The Bertz CT molecular complexity index is 1470. The maximum absolute atomic E-state index is 14.5. The number of piperidine rings is 1. The SMILES string of the molecule is CCOC(=O)N/N=C1/C[C@@H](c2cccc(Cl)c2)[C@]2(C(=O)Nc3cc(Cl)ccc32)[C@@H](c2ccc(F)c(F)c2)N1. The molecule has 38 heavy (non-hydrogen) atoms. The largest absolute Gasteiger partial charge is 0.449 e. The zero-order valence-electron chi connectivity index (χ0n) is 20.0. The second-order valence-electron chi connectivity index (χ2n) is 8.97. The Hall–Kier alpha value is -3.69. The van der Waals surface area contributed by atoms with E-state index in [2.05, 4.69) is 21.2 Å². The molecule has 1 fully saturated rings. The zero-order valence-corrected chi connectivity index (χ0v) is 21.5. The summed E-state index contributed by atoms with van der Waals surface area (Å²) < 4.78 is 33.4. The lowest BCUT2D eigenvalue weighted by Gasteiger charge is -2.47. The quantitative estimate of drug-likeness (QED) is 0.340. The number of nitrogens with one attached hydrogen (secondary N) is 3. The number of benzene rings is 3. The normalized spacial score (nSPS) is 23.1. The molecule has 0 saturated carbocycles. The molecule has 0 aromatic heterocycles. The average molecular weight is 559 g/mol. The molecule has 0 bridgehead atoms. The second kappa shape index (κ2) is 10.2. The summed E-state index contributed by atoms with van der Waals surface area (Å²) in [6.45, 7) is 1.81. The number of nitrogens with zero attached hydrogens (tertiary/aromatic N) is 1. The maximum Gasteiger partial charge on any atom is 0.427 e. The molecule has 2 amide bonds. The van der Waals surface area contributed by atoms with Gasteiger partial charge in [-0.25, -0.2) is 19.0 Å². The second-order valence-corrected chi connectivity index (χ2v) is 9.84. The number of hydrazone groups is 1. The molecule has 3 aromatic carbocycles. The van der Waals surface area contributed by atoms with E-state index in [4.69, 9.17) is 27.9 Å². The van der Waals surface area contributed by atoms with Crippen LogP contribution >= 0.6 is 23.2 Å². The summed E-state index contributed by atoms with van der Waals surface area (Å²) in [5, 5.41) is 11.2. The van der Waals surface area contributed by atoms with Crippen molar-refractivity contribution in [2.45, 2.75) is 30.7 Å². The zero-order chi connectivity index (χ0) is 27.0. The van der Waals surface area contributed by atoms with Crippen LogP contribution in [0.3, 0.4) is 0 Å². The van der Waals surface area contributed by atoms with Crippen LogP contribution in [0.5, 0.6) is 0 Å². The maximum atomic E-state index is 14.5. The molecule has 2 aliphatic rings. The summed E-state index contributed by atoms with van der Waals surface area (Å²) in [5.74, 6) is -2.74. The Kier molecular flexibility index (Phi) is 6.98. The first-order chi connectivity index (χ1) is 18.2. The van der Waals surface area contributed by atoms with Gasteiger partial charge in [0.1, 0.15) is 11.3 Å². The third kappa shape index (κ3) is 4.46. The first-order valence-corrected chi connectivity index (χ1v) is 12.6. The monoisotopic (exact) mass is 558 g/mol. The summed E-state index contributed by atoms with van der Waals surface area (Å²) >= 11 is 12.6. The Balaban J connectivity index is 1.75. The highest BCUT2D eigenvalue weighted by Gasteiger charge is 2.60. The number of anilines is 1. The topological polar surface area (TPSA) is 91.8 Å². The molecule has 11 heteroatoms.